The highest BCUT2D eigenvalue weighted by molar-refractivity contribution is 5.75. The number of hydrogen-bond donors (Lipinski definition) is 0. The Morgan fingerprint density at radius 2 is 1.51 bits per heavy atom. The van der Waals surface area contributed by atoms with E-state index in [9.17, 15) is 9.59 Å². The van der Waals surface area contributed by atoms with Crippen LogP contribution in [0.3, 0.4) is 0 Å². The van der Waals surface area contributed by atoms with Crippen LogP contribution in [-0.2, 0) is 14.3 Å². The molecule has 0 radical (unpaired) electrons. The molecule has 0 aromatic carbocycles. The molecule has 2 heterocycles. The Morgan fingerprint density at radius 1 is 0.829 bits per heavy atom. The lowest BCUT2D eigenvalue weighted by Gasteiger charge is -2.54. The minimum atomic E-state index is -0.126. The van der Waals surface area contributed by atoms with Gasteiger partial charge in [0, 0.05) is 38.6 Å². The summed E-state index contributed by atoms with van der Waals surface area (Å²) in [5.74, 6) is 1.54. The summed E-state index contributed by atoms with van der Waals surface area (Å²) < 4.78 is 11.6. The quantitative estimate of drug-likeness (QED) is 0.587. The van der Waals surface area contributed by atoms with E-state index < -0.39 is 0 Å². The maximum Gasteiger partial charge on any atom is 0.410 e. The minimum absolute atomic E-state index is 0.0492. The maximum absolute atomic E-state index is 13.4. The van der Waals surface area contributed by atoms with Gasteiger partial charge in [-0.25, -0.2) is 4.79 Å². The van der Waals surface area contributed by atoms with Crippen molar-refractivity contribution in [3.63, 3.8) is 0 Å². The normalized spacial score (nSPS) is 37.5. The molecule has 0 bridgehead atoms. The second kappa shape index (κ2) is 11.4. The maximum atomic E-state index is 13.4. The highest BCUT2D eigenvalue weighted by Crippen LogP contribution is 2.43. The average Bonchev–Trinajstić information content (AvgIpc) is 2.89. The second-order valence-electron chi connectivity index (χ2n) is 12.0. The number of hydrogen-bond acceptors (Lipinski definition) is 5. The van der Waals surface area contributed by atoms with Gasteiger partial charge in [-0.15, -0.1) is 0 Å². The van der Waals surface area contributed by atoms with Gasteiger partial charge in [0.1, 0.15) is 6.10 Å². The van der Waals surface area contributed by atoms with Crippen LogP contribution >= 0.6 is 0 Å². The fourth-order valence-corrected chi connectivity index (χ4v) is 8.11. The molecular formula is C28H47N3O4. The molecule has 7 heteroatoms. The Bertz CT molecular complexity index is 728. The minimum Gasteiger partial charge on any atom is -0.446 e. The number of rotatable bonds is 3. The first kappa shape index (κ1) is 25.3. The van der Waals surface area contributed by atoms with E-state index in [1.54, 1.807) is 6.92 Å². The topological polar surface area (TPSA) is 62.3 Å². The van der Waals surface area contributed by atoms with Crippen LogP contribution in [0.2, 0.25) is 0 Å². The molecule has 3 saturated carbocycles. The van der Waals surface area contributed by atoms with Crippen molar-refractivity contribution < 1.29 is 19.1 Å². The van der Waals surface area contributed by atoms with E-state index in [1.807, 2.05) is 4.90 Å². The molecule has 0 aromatic heterocycles. The molecule has 5 rings (SSSR count). The zero-order chi connectivity index (χ0) is 24.4. The molecule has 0 aromatic rings. The van der Waals surface area contributed by atoms with Crippen molar-refractivity contribution in [1.29, 1.82) is 0 Å². The molecule has 7 nitrogen and oxygen atoms in total. The first-order valence-corrected chi connectivity index (χ1v) is 14.6. The molecule has 2 amide bonds. The average molecular weight is 490 g/mol. The van der Waals surface area contributed by atoms with Gasteiger partial charge in [-0.2, -0.15) is 0 Å². The number of piperazine rings is 1. The number of carbonyl (C=O) groups excluding carboxylic acids is 2. The van der Waals surface area contributed by atoms with Crippen LogP contribution in [0.5, 0.6) is 0 Å². The summed E-state index contributed by atoms with van der Waals surface area (Å²) in [5.41, 5.74) is 0. The van der Waals surface area contributed by atoms with Crippen molar-refractivity contribution in [2.45, 2.75) is 121 Å². The van der Waals surface area contributed by atoms with Gasteiger partial charge < -0.3 is 19.3 Å². The third-order valence-corrected chi connectivity index (χ3v) is 9.90. The lowest BCUT2D eigenvalue weighted by atomic mass is 9.68. The van der Waals surface area contributed by atoms with E-state index in [2.05, 4.69) is 16.7 Å². The fraction of sp³-hybridized carbons (Fsp3) is 0.929. The lowest BCUT2D eigenvalue weighted by Crippen LogP contribution is -2.67. The Morgan fingerprint density at radius 3 is 2.20 bits per heavy atom. The van der Waals surface area contributed by atoms with E-state index in [0.29, 0.717) is 12.5 Å². The van der Waals surface area contributed by atoms with E-state index in [-0.39, 0.29) is 36.2 Å². The monoisotopic (exact) mass is 489 g/mol. The van der Waals surface area contributed by atoms with Crippen molar-refractivity contribution >= 4 is 12.0 Å². The van der Waals surface area contributed by atoms with Gasteiger partial charge in [0.2, 0.25) is 5.91 Å². The molecule has 4 atom stereocenters. The SMILES string of the molecule is CC(=O)N1C2CCC(C3CCC(N4CCOCC4)CC3)CC2N(C(=O)OC2CCCCC2)C[C@@H]1C. The number of nitrogens with zero attached hydrogens (tertiary/aromatic N) is 3. The summed E-state index contributed by atoms with van der Waals surface area (Å²) in [5, 5.41) is 0. The van der Waals surface area contributed by atoms with Crippen molar-refractivity contribution in [3.05, 3.63) is 0 Å². The molecule has 2 saturated heterocycles. The Labute approximate surface area is 211 Å². The van der Waals surface area contributed by atoms with Crippen molar-refractivity contribution in [2.75, 3.05) is 32.8 Å². The molecule has 5 aliphatic rings. The van der Waals surface area contributed by atoms with E-state index >= 15 is 0 Å². The molecule has 0 N–H and O–H groups in total. The zero-order valence-electron chi connectivity index (χ0n) is 22.0. The van der Waals surface area contributed by atoms with E-state index in [4.69, 9.17) is 9.47 Å². The van der Waals surface area contributed by atoms with Gasteiger partial charge in [-0.05, 0) is 89.4 Å². The van der Waals surface area contributed by atoms with Crippen LogP contribution in [0.25, 0.3) is 0 Å². The Kier molecular flexibility index (Phi) is 8.22. The molecule has 5 fully saturated rings. The van der Waals surface area contributed by atoms with Crippen molar-refractivity contribution in [3.8, 4) is 0 Å². The summed E-state index contributed by atoms with van der Waals surface area (Å²) in [7, 11) is 0. The molecule has 198 valence electrons. The second-order valence-corrected chi connectivity index (χ2v) is 12.0. The number of carbonyl (C=O) groups is 2. The molecular weight excluding hydrogens is 442 g/mol. The van der Waals surface area contributed by atoms with Gasteiger partial charge >= 0.3 is 6.09 Å². The number of ether oxygens (including phenoxy) is 2. The Hall–Kier alpha value is -1.34. The summed E-state index contributed by atoms with van der Waals surface area (Å²) in [6, 6.07) is 1.00. The summed E-state index contributed by atoms with van der Waals surface area (Å²) >= 11 is 0. The van der Waals surface area contributed by atoms with Crippen LogP contribution < -0.4 is 0 Å². The molecule has 3 aliphatic carbocycles. The summed E-state index contributed by atoms with van der Waals surface area (Å²) in [4.78, 5) is 32.8. The van der Waals surface area contributed by atoms with Crippen LogP contribution in [0, 0.1) is 11.8 Å². The predicted molar refractivity (Wildman–Crippen MR) is 135 cm³/mol. The first-order chi connectivity index (χ1) is 17.0. The highest BCUT2D eigenvalue weighted by atomic mass is 16.6. The number of morpholine rings is 1. The number of fused-ring (bicyclic) bond motifs is 1. The number of amides is 2. The highest BCUT2D eigenvalue weighted by Gasteiger charge is 2.48. The van der Waals surface area contributed by atoms with Crippen molar-refractivity contribution in [1.82, 2.24) is 14.7 Å². The molecule has 2 aliphatic heterocycles. The zero-order valence-corrected chi connectivity index (χ0v) is 22.0. The molecule has 35 heavy (non-hydrogen) atoms. The standard InChI is InChI=1S/C28H47N3O4/c1-20-19-30(28(33)35-25-6-4-3-5-7-25)27-18-23(10-13-26(27)31(20)21(2)32)22-8-11-24(12-9-22)29-14-16-34-17-15-29/h20,22-27H,3-19H2,1-2H3/t20-,22?,23?,24?,26?,27?/m0/s1. The summed E-state index contributed by atoms with van der Waals surface area (Å²) in [6.45, 7) is 8.31. The van der Waals surface area contributed by atoms with E-state index in [1.165, 1.54) is 38.5 Å². The third kappa shape index (κ3) is 5.66. The van der Waals surface area contributed by atoms with Gasteiger partial charge in [-0.1, -0.05) is 6.42 Å². The van der Waals surface area contributed by atoms with Gasteiger partial charge in [0.25, 0.3) is 0 Å². The van der Waals surface area contributed by atoms with Crippen LogP contribution in [0.15, 0.2) is 0 Å². The first-order valence-electron chi connectivity index (χ1n) is 14.6. The molecule has 3 unspecified atom stereocenters. The van der Waals surface area contributed by atoms with E-state index in [0.717, 1.165) is 76.8 Å². The molecule has 0 spiro atoms. The van der Waals surface area contributed by atoms with Gasteiger partial charge in [0.05, 0.1) is 25.3 Å². The third-order valence-electron chi connectivity index (χ3n) is 9.90. The van der Waals surface area contributed by atoms with Crippen LogP contribution in [0.1, 0.15) is 90.9 Å². The predicted octanol–water partition coefficient (Wildman–Crippen LogP) is 4.44. The van der Waals surface area contributed by atoms with Gasteiger partial charge in [0.15, 0.2) is 0 Å². The van der Waals surface area contributed by atoms with Crippen LogP contribution in [-0.4, -0.2) is 89.8 Å². The van der Waals surface area contributed by atoms with Gasteiger partial charge in [-0.3, -0.25) is 9.69 Å². The fourth-order valence-electron chi connectivity index (χ4n) is 8.11. The lowest BCUT2D eigenvalue weighted by molar-refractivity contribution is -0.143. The summed E-state index contributed by atoms with van der Waals surface area (Å²) in [6.07, 6.45) is 13.9. The largest absolute Gasteiger partial charge is 0.446 e. The van der Waals surface area contributed by atoms with Crippen molar-refractivity contribution in [2.24, 2.45) is 11.8 Å². The smallest absolute Gasteiger partial charge is 0.410 e. The Balaban J connectivity index is 1.24. The van der Waals surface area contributed by atoms with Crippen LogP contribution in [0.4, 0.5) is 4.79 Å².